The van der Waals surface area contributed by atoms with Crippen molar-refractivity contribution in [2.24, 2.45) is 5.92 Å². The Kier molecular flexibility index (Phi) is 4.94. The van der Waals surface area contributed by atoms with E-state index in [0.29, 0.717) is 18.7 Å². The number of nitrogens with zero attached hydrogens (tertiary/aromatic N) is 2. The van der Waals surface area contributed by atoms with Crippen molar-refractivity contribution in [2.75, 3.05) is 13.1 Å². The third-order valence-electron chi connectivity index (χ3n) is 4.34. The average molecular weight is 344 g/mol. The molecule has 0 atom stereocenters. The Morgan fingerprint density at radius 2 is 2.08 bits per heavy atom. The molecule has 0 spiro atoms. The highest BCUT2D eigenvalue weighted by molar-refractivity contribution is 7.13. The van der Waals surface area contributed by atoms with Crippen LogP contribution in [0, 0.1) is 12.8 Å². The average Bonchev–Trinajstić information content (AvgIpc) is 3.01. The fraction of sp³-hybridized carbons (Fsp3) is 0.389. The summed E-state index contributed by atoms with van der Waals surface area (Å²) in [6.45, 7) is 3.20. The Morgan fingerprint density at radius 1 is 1.33 bits per heavy atom. The van der Waals surface area contributed by atoms with Gasteiger partial charge < -0.3 is 10.0 Å². The first kappa shape index (κ1) is 16.6. The molecular formula is C18H20N2O3S. The lowest BCUT2D eigenvalue weighted by Crippen LogP contribution is -2.38. The number of aryl methyl sites for hydroxylation is 1. The molecule has 1 N–H and O–H groups in total. The Labute approximate surface area is 145 Å². The quantitative estimate of drug-likeness (QED) is 0.922. The molecule has 2 heterocycles. The van der Waals surface area contributed by atoms with Gasteiger partial charge in [-0.2, -0.15) is 0 Å². The number of likely N-dealkylation sites (tertiary alicyclic amines) is 1. The van der Waals surface area contributed by atoms with Gasteiger partial charge >= 0.3 is 5.97 Å². The van der Waals surface area contributed by atoms with Gasteiger partial charge in [0.1, 0.15) is 5.01 Å². The molecule has 126 valence electrons. The molecular weight excluding hydrogens is 324 g/mol. The Hall–Kier alpha value is -2.21. The van der Waals surface area contributed by atoms with E-state index in [1.807, 2.05) is 41.5 Å². The number of hydrogen-bond acceptors (Lipinski definition) is 4. The number of carboxylic acids is 1. The van der Waals surface area contributed by atoms with Crippen LogP contribution in [0.25, 0.3) is 10.6 Å². The number of carbonyl (C=O) groups excluding carboxylic acids is 1. The smallest absolute Gasteiger partial charge is 0.303 e. The minimum absolute atomic E-state index is 0.0129. The SMILES string of the molecule is Cc1csc(-c2cccc(C(=O)N3CCC(CC(=O)O)CC3)c2)n1. The van der Waals surface area contributed by atoms with Gasteiger partial charge in [0.05, 0.1) is 0 Å². The van der Waals surface area contributed by atoms with Crippen LogP contribution in [0.15, 0.2) is 29.6 Å². The summed E-state index contributed by atoms with van der Waals surface area (Å²) < 4.78 is 0. The van der Waals surface area contributed by atoms with Gasteiger partial charge in [-0.3, -0.25) is 9.59 Å². The number of carboxylic acid groups (broad SMARTS) is 1. The highest BCUT2D eigenvalue weighted by Gasteiger charge is 2.25. The molecule has 6 heteroatoms. The van der Waals surface area contributed by atoms with Crippen LogP contribution in [0.5, 0.6) is 0 Å². The van der Waals surface area contributed by atoms with E-state index in [1.165, 1.54) is 0 Å². The fourth-order valence-electron chi connectivity index (χ4n) is 3.04. The van der Waals surface area contributed by atoms with Crippen LogP contribution in [0.3, 0.4) is 0 Å². The lowest BCUT2D eigenvalue weighted by molar-refractivity contribution is -0.138. The molecule has 2 aromatic rings. The third kappa shape index (κ3) is 3.82. The minimum atomic E-state index is -0.758. The van der Waals surface area contributed by atoms with Crippen molar-refractivity contribution in [3.63, 3.8) is 0 Å². The van der Waals surface area contributed by atoms with Gasteiger partial charge in [-0.25, -0.2) is 4.98 Å². The van der Waals surface area contributed by atoms with Gasteiger partial charge in [-0.1, -0.05) is 12.1 Å². The maximum Gasteiger partial charge on any atom is 0.303 e. The highest BCUT2D eigenvalue weighted by Crippen LogP contribution is 2.26. The van der Waals surface area contributed by atoms with Gasteiger partial charge in [0.2, 0.25) is 0 Å². The molecule has 1 amide bonds. The Bertz CT molecular complexity index is 748. The van der Waals surface area contributed by atoms with Crippen LogP contribution >= 0.6 is 11.3 Å². The van der Waals surface area contributed by atoms with Crippen molar-refractivity contribution in [2.45, 2.75) is 26.2 Å². The van der Waals surface area contributed by atoms with E-state index in [0.717, 1.165) is 29.1 Å². The summed E-state index contributed by atoms with van der Waals surface area (Å²) in [5.74, 6) is -0.568. The monoisotopic (exact) mass is 344 g/mol. The molecule has 1 aromatic carbocycles. The summed E-state index contributed by atoms with van der Waals surface area (Å²) in [7, 11) is 0. The van der Waals surface area contributed by atoms with Gasteiger partial charge in [-0.05, 0) is 37.8 Å². The van der Waals surface area contributed by atoms with Crippen molar-refractivity contribution >= 4 is 23.2 Å². The maximum absolute atomic E-state index is 12.7. The number of piperidine rings is 1. The van der Waals surface area contributed by atoms with Gasteiger partial charge in [-0.15, -0.1) is 11.3 Å². The number of aliphatic carboxylic acids is 1. The third-order valence-corrected chi connectivity index (χ3v) is 5.35. The van der Waals surface area contributed by atoms with Crippen LogP contribution in [-0.2, 0) is 4.79 Å². The van der Waals surface area contributed by atoms with Crippen LogP contribution in [-0.4, -0.2) is 40.0 Å². The fourth-order valence-corrected chi connectivity index (χ4v) is 3.84. The molecule has 1 aliphatic rings. The van der Waals surface area contributed by atoms with E-state index in [1.54, 1.807) is 11.3 Å². The summed E-state index contributed by atoms with van der Waals surface area (Å²) >= 11 is 1.57. The number of amides is 1. The van der Waals surface area contributed by atoms with Crippen molar-refractivity contribution in [1.82, 2.24) is 9.88 Å². The second-order valence-electron chi connectivity index (χ2n) is 6.21. The zero-order valence-corrected chi connectivity index (χ0v) is 14.4. The molecule has 1 saturated heterocycles. The molecule has 3 rings (SSSR count). The molecule has 0 bridgehead atoms. The minimum Gasteiger partial charge on any atom is -0.481 e. The number of carbonyl (C=O) groups is 2. The van der Waals surface area contributed by atoms with Crippen molar-refractivity contribution in [3.05, 3.63) is 40.9 Å². The van der Waals surface area contributed by atoms with Gasteiger partial charge in [0.25, 0.3) is 5.91 Å². The molecule has 0 aliphatic carbocycles. The largest absolute Gasteiger partial charge is 0.481 e. The zero-order valence-electron chi connectivity index (χ0n) is 13.6. The zero-order chi connectivity index (χ0) is 17.1. The van der Waals surface area contributed by atoms with E-state index in [4.69, 9.17) is 5.11 Å². The first-order valence-electron chi connectivity index (χ1n) is 8.06. The molecule has 1 aromatic heterocycles. The molecule has 1 aliphatic heterocycles. The van der Waals surface area contributed by atoms with Crippen molar-refractivity contribution in [3.8, 4) is 10.6 Å². The van der Waals surface area contributed by atoms with Crippen LogP contribution in [0.4, 0.5) is 0 Å². The molecule has 0 radical (unpaired) electrons. The van der Waals surface area contributed by atoms with E-state index >= 15 is 0 Å². The van der Waals surface area contributed by atoms with Crippen molar-refractivity contribution in [1.29, 1.82) is 0 Å². The number of hydrogen-bond donors (Lipinski definition) is 1. The Morgan fingerprint density at radius 3 is 2.71 bits per heavy atom. The highest BCUT2D eigenvalue weighted by atomic mass is 32.1. The van der Waals surface area contributed by atoms with Crippen LogP contribution in [0.2, 0.25) is 0 Å². The number of aromatic nitrogens is 1. The first-order chi connectivity index (χ1) is 11.5. The lowest BCUT2D eigenvalue weighted by atomic mass is 9.93. The summed E-state index contributed by atoms with van der Waals surface area (Å²) in [5.41, 5.74) is 2.60. The predicted octanol–water partition coefficient (Wildman–Crippen LogP) is 3.45. The summed E-state index contributed by atoms with van der Waals surface area (Å²) in [4.78, 5) is 29.8. The van der Waals surface area contributed by atoms with Crippen LogP contribution in [0.1, 0.15) is 35.3 Å². The predicted molar refractivity (Wildman–Crippen MR) is 93.2 cm³/mol. The van der Waals surface area contributed by atoms with Gasteiger partial charge in [0.15, 0.2) is 0 Å². The lowest BCUT2D eigenvalue weighted by Gasteiger charge is -2.31. The number of benzene rings is 1. The summed E-state index contributed by atoms with van der Waals surface area (Å²) in [5, 5.41) is 11.8. The molecule has 5 nitrogen and oxygen atoms in total. The van der Waals surface area contributed by atoms with Crippen LogP contribution < -0.4 is 0 Å². The van der Waals surface area contributed by atoms with E-state index in [2.05, 4.69) is 4.98 Å². The van der Waals surface area contributed by atoms with E-state index in [-0.39, 0.29) is 18.2 Å². The molecule has 0 saturated carbocycles. The van der Waals surface area contributed by atoms with Gasteiger partial charge in [0, 0.05) is 41.7 Å². The maximum atomic E-state index is 12.7. The number of thiazole rings is 1. The second kappa shape index (κ2) is 7.13. The standard InChI is InChI=1S/C18H20N2O3S/c1-12-11-24-17(19-12)14-3-2-4-15(10-14)18(23)20-7-5-13(6-8-20)9-16(21)22/h2-4,10-11,13H,5-9H2,1H3,(H,21,22). The van der Waals surface area contributed by atoms with Crippen molar-refractivity contribution < 1.29 is 14.7 Å². The van der Waals surface area contributed by atoms with E-state index in [9.17, 15) is 9.59 Å². The summed E-state index contributed by atoms with van der Waals surface area (Å²) in [6, 6.07) is 7.57. The Balaban J connectivity index is 1.69. The number of rotatable bonds is 4. The molecule has 0 unspecified atom stereocenters. The summed E-state index contributed by atoms with van der Waals surface area (Å²) in [6.07, 6.45) is 1.70. The topological polar surface area (TPSA) is 70.5 Å². The second-order valence-corrected chi connectivity index (χ2v) is 7.07. The van der Waals surface area contributed by atoms with E-state index < -0.39 is 5.97 Å². The molecule has 1 fully saturated rings. The first-order valence-corrected chi connectivity index (χ1v) is 8.94. The molecule has 24 heavy (non-hydrogen) atoms. The normalized spacial score (nSPS) is 15.5.